The van der Waals surface area contributed by atoms with E-state index in [-0.39, 0.29) is 12.0 Å². The van der Waals surface area contributed by atoms with Gasteiger partial charge in [-0.1, -0.05) is 12.8 Å². The first kappa shape index (κ1) is 16.5. The van der Waals surface area contributed by atoms with Crippen molar-refractivity contribution >= 4 is 17.5 Å². The number of fused-ring (bicyclic) bond motifs is 1. The molecule has 6 heteroatoms. The van der Waals surface area contributed by atoms with Crippen molar-refractivity contribution in [1.82, 2.24) is 9.97 Å². The van der Waals surface area contributed by atoms with Crippen LogP contribution in [-0.2, 0) is 16.0 Å². The third-order valence-electron chi connectivity index (χ3n) is 4.50. The largest absolute Gasteiger partial charge is 0.497 e. The number of carbonyl (C=O) groups excluding carboxylic acids is 1. The van der Waals surface area contributed by atoms with Gasteiger partial charge in [-0.15, -0.1) is 0 Å². The number of benzene rings is 1. The molecule has 2 aromatic rings. The molecule has 1 aromatic carbocycles. The van der Waals surface area contributed by atoms with Crippen LogP contribution in [0.1, 0.15) is 37.8 Å². The van der Waals surface area contributed by atoms with Gasteiger partial charge in [0.1, 0.15) is 17.5 Å². The molecule has 0 aliphatic heterocycles. The van der Waals surface area contributed by atoms with Gasteiger partial charge in [-0.25, -0.2) is 9.97 Å². The van der Waals surface area contributed by atoms with Crippen LogP contribution in [-0.4, -0.2) is 34.8 Å². The van der Waals surface area contributed by atoms with Gasteiger partial charge in [0, 0.05) is 6.07 Å². The van der Waals surface area contributed by atoms with E-state index in [0.717, 1.165) is 37.6 Å². The highest BCUT2D eigenvalue weighted by Crippen LogP contribution is 2.37. The molecule has 0 saturated heterocycles. The van der Waals surface area contributed by atoms with Crippen LogP contribution >= 0.6 is 0 Å². The van der Waals surface area contributed by atoms with Crippen molar-refractivity contribution in [3.05, 3.63) is 23.9 Å². The Labute approximate surface area is 140 Å². The van der Waals surface area contributed by atoms with Gasteiger partial charge >= 0.3 is 0 Å². The van der Waals surface area contributed by atoms with E-state index in [1.165, 1.54) is 0 Å². The van der Waals surface area contributed by atoms with Crippen molar-refractivity contribution < 1.29 is 19.4 Å². The maximum absolute atomic E-state index is 10.2. The van der Waals surface area contributed by atoms with Crippen LogP contribution in [0.15, 0.2) is 18.2 Å². The average Bonchev–Trinajstić information content (AvgIpc) is 3.32. The van der Waals surface area contributed by atoms with E-state index >= 15 is 0 Å². The topological polar surface area (TPSA) is 81.5 Å². The molecule has 0 radical (unpaired) electrons. The van der Waals surface area contributed by atoms with E-state index in [4.69, 9.17) is 9.47 Å². The zero-order valence-electron chi connectivity index (χ0n) is 13.8. The molecule has 1 N–H and O–H groups in total. The van der Waals surface area contributed by atoms with Crippen LogP contribution in [0.3, 0.4) is 0 Å². The molecule has 1 heterocycles. The van der Waals surface area contributed by atoms with Gasteiger partial charge in [-0.2, -0.15) is 0 Å². The van der Waals surface area contributed by atoms with E-state index < -0.39 is 0 Å². The van der Waals surface area contributed by atoms with Crippen LogP contribution in [0.4, 0.5) is 0 Å². The first-order chi connectivity index (χ1) is 11.7. The lowest BCUT2D eigenvalue weighted by Crippen LogP contribution is -1.97. The van der Waals surface area contributed by atoms with Crippen molar-refractivity contribution in [2.24, 2.45) is 5.92 Å². The van der Waals surface area contributed by atoms with Gasteiger partial charge < -0.3 is 14.6 Å². The maximum Gasteiger partial charge on any atom is 0.293 e. The Hall–Kier alpha value is -2.37. The lowest BCUT2D eigenvalue weighted by atomic mass is 10.1. The van der Waals surface area contributed by atoms with Gasteiger partial charge in [-0.05, 0) is 43.7 Å². The van der Waals surface area contributed by atoms with Crippen molar-refractivity contribution in [2.75, 3.05) is 7.11 Å². The Morgan fingerprint density at radius 2 is 2.12 bits per heavy atom. The van der Waals surface area contributed by atoms with Gasteiger partial charge in [0.25, 0.3) is 6.47 Å². The molecular weight excluding hydrogens is 308 g/mol. The summed E-state index contributed by atoms with van der Waals surface area (Å²) in [6.07, 6.45) is 6.06. The van der Waals surface area contributed by atoms with Crippen molar-refractivity contribution in [2.45, 2.75) is 44.6 Å². The third-order valence-corrected chi connectivity index (χ3v) is 4.50. The second kappa shape index (κ2) is 7.47. The fraction of sp³-hybridized carbons (Fsp3) is 0.500. The smallest absolute Gasteiger partial charge is 0.293 e. The number of carbonyl (C=O) groups is 1. The minimum absolute atomic E-state index is 0.00241. The predicted molar refractivity (Wildman–Crippen MR) is 89.0 cm³/mol. The normalized spacial score (nSPS) is 19.2. The molecule has 128 valence electrons. The second-order valence-corrected chi connectivity index (χ2v) is 6.21. The maximum atomic E-state index is 10.2. The molecular formula is C18H22N2O4. The Morgan fingerprint density at radius 3 is 2.92 bits per heavy atom. The highest BCUT2D eigenvalue weighted by molar-refractivity contribution is 5.76. The lowest BCUT2D eigenvalue weighted by molar-refractivity contribution is -0.130. The Balaban J connectivity index is 1.48. The number of aryl methyl sites for hydroxylation is 1. The first-order valence-electron chi connectivity index (χ1n) is 8.34. The summed E-state index contributed by atoms with van der Waals surface area (Å²) >= 11 is 0. The van der Waals surface area contributed by atoms with Gasteiger partial charge in [0.05, 0.1) is 18.1 Å². The quantitative estimate of drug-likeness (QED) is 0.562. The Morgan fingerprint density at radius 1 is 1.25 bits per heavy atom. The summed E-state index contributed by atoms with van der Waals surface area (Å²) in [5.41, 5.74) is 2.03. The molecule has 0 amide bonds. The molecule has 6 nitrogen and oxygen atoms in total. The number of ether oxygens (including phenoxy) is 2. The number of hydrogen-bond acceptors (Lipinski definition) is 6. The molecule has 1 unspecified atom stereocenters. The van der Waals surface area contributed by atoms with E-state index in [0.29, 0.717) is 35.8 Å². The van der Waals surface area contributed by atoms with Crippen LogP contribution in [0.25, 0.3) is 11.0 Å². The van der Waals surface area contributed by atoms with Gasteiger partial charge in [0.15, 0.2) is 0 Å². The van der Waals surface area contributed by atoms with Crippen molar-refractivity contribution in [3.63, 3.8) is 0 Å². The molecule has 24 heavy (non-hydrogen) atoms. The molecule has 1 fully saturated rings. The molecule has 1 aromatic heterocycles. The van der Waals surface area contributed by atoms with Crippen LogP contribution in [0.2, 0.25) is 0 Å². The number of nitrogens with zero attached hydrogens (tertiary/aromatic N) is 2. The summed E-state index contributed by atoms with van der Waals surface area (Å²) in [6, 6.07) is 5.45. The van der Waals surface area contributed by atoms with E-state index in [1.54, 1.807) is 13.2 Å². The molecule has 2 atom stereocenters. The van der Waals surface area contributed by atoms with Crippen LogP contribution in [0, 0.1) is 5.92 Å². The zero-order valence-corrected chi connectivity index (χ0v) is 13.8. The molecule has 1 aliphatic rings. The van der Waals surface area contributed by atoms with Gasteiger partial charge in [0.2, 0.25) is 5.88 Å². The average molecular weight is 330 g/mol. The monoisotopic (exact) mass is 330 g/mol. The summed E-state index contributed by atoms with van der Waals surface area (Å²) < 4.78 is 10.1. The minimum Gasteiger partial charge on any atom is -0.497 e. The predicted octanol–water partition coefficient (Wildman–Crippen LogP) is 3.01. The first-order valence-corrected chi connectivity index (χ1v) is 8.34. The van der Waals surface area contributed by atoms with Crippen molar-refractivity contribution in [3.8, 4) is 11.6 Å². The van der Waals surface area contributed by atoms with Crippen molar-refractivity contribution in [1.29, 1.82) is 0 Å². The summed E-state index contributed by atoms with van der Waals surface area (Å²) in [7, 11) is 1.59. The standard InChI is InChI=1S/C18H22N2O4/c1-23-13-7-8-14-16(10-13)20-18(22)15(19-14)6-4-2-3-5-12-9-17(12)24-11-21/h7-8,10-12,17H,2-6,9H2,1H3,(H,20,22)/t12-,17?/m1/s1. The molecule has 0 bridgehead atoms. The van der Waals surface area contributed by atoms with Gasteiger partial charge in [-0.3, -0.25) is 4.79 Å². The highest BCUT2D eigenvalue weighted by atomic mass is 16.5. The summed E-state index contributed by atoms with van der Waals surface area (Å²) in [5, 5.41) is 10.1. The number of hydrogen-bond donors (Lipinski definition) is 1. The second-order valence-electron chi connectivity index (χ2n) is 6.21. The summed E-state index contributed by atoms with van der Waals surface area (Å²) in [6.45, 7) is 0.543. The Kier molecular flexibility index (Phi) is 5.13. The highest BCUT2D eigenvalue weighted by Gasteiger charge is 2.38. The fourth-order valence-corrected chi connectivity index (χ4v) is 2.99. The number of rotatable bonds is 9. The molecule has 0 spiro atoms. The zero-order chi connectivity index (χ0) is 16.9. The lowest BCUT2D eigenvalue weighted by Gasteiger charge is -2.07. The molecule has 1 aliphatic carbocycles. The number of methoxy groups -OCH3 is 1. The summed E-state index contributed by atoms with van der Waals surface area (Å²) in [5.74, 6) is 1.23. The Bertz CT molecular complexity index is 719. The number of aromatic nitrogens is 2. The van der Waals surface area contributed by atoms with E-state index in [9.17, 15) is 9.90 Å². The fourth-order valence-electron chi connectivity index (χ4n) is 2.99. The SMILES string of the molecule is COc1ccc2nc(CCCCC[C@@H]3CC3OC=O)c(O)nc2c1. The summed E-state index contributed by atoms with van der Waals surface area (Å²) in [4.78, 5) is 18.9. The van der Waals surface area contributed by atoms with E-state index in [1.807, 2.05) is 12.1 Å². The number of aromatic hydroxyl groups is 1. The van der Waals surface area contributed by atoms with Crippen LogP contribution in [0.5, 0.6) is 11.6 Å². The molecule has 3 rings (SSSR count). The molecule has 1 saturated carbocycles. The van der Waals surface area contributed by atoms with Crippen LogP contribution < -0.4 is 4.74 Å². The number of unbranched alkanes of at least 4 members (excludes halogenated alkanes) is 2. The minimum atomic E-state index is -0.00241. The van der Waals surface area contributed by atoms with E-state index in [2.05, 4.69) is 9.97 Å². The third kappa shape index (κ3) is 3.93.